The molecule has 2 aliphatic heterocycles. The first-order chi connectivity index (χ1) is 12.3. The number of amides is 1. The van der Waals surface area contributed by atoms with Crippen molar-refractivity contribution in [2.24, 2.45) is 5.92 Å². The molecule has 3 aliphatic rings. The Hall–Kier alpha value is -1.46. The topological polar surface area (TPSA) is 45.7 Å². The molecule has 0 aromatic carbocycles. The van der Waals surface area contributed by atoms with Crippen LogP contribution in [0.1, 0.15) is 37.7 Å². The van der Waals surface area contributed by atoms with Crippen molar-refractivity contribution in [2.45, 2.75) is 44.1 Å². The summed E-state index contributed by atoms with van der Waals surface area (Å²) in [5, 5.41) is 0. The number of likely N-dealkylation sites (tertiary alicyclic amines) is 1. The van der Waals surface area contributed by atoms with Crippen LogP contribution in [0.2, 0.25) is 0 Å². The molecule has 136 valence electrons. The number of aryl methyl sites for hydroxylation is 1. The van der Waals surface area contributed by atoms with E-state index in [0.717, 1.165) is 63.6 Å². The van der Waals surface area contributed by atoms with Crippen molar-refractivity contribution in [2.75, 3.05) is 39.4 Å². The molecule has 0 radical (unpaired) electrons. The number of aromatic nitrogens is 1. The number of morpholine rings is 1. The van der Waals surface area contributed by atoms with Crippen molar-refractivity contribution in [1.29, 1.82) is 0 Å². The van der Waals surface area contributed by atoms with Crippen molar-refractivity contribution >= 4 is 5.91 Å². The lowest BCUT2D eigenvalue weighted by atomic mass is 9.85. The minimum atomic E-state index is 0.182. The van der Waals surface area contributed by atoms with Gasteiger partial charge in [0, 0.05) is 50.5 Å². The fourth-order valence-corrected chi connectivity index (χ4v) is 4.25. The highest BCUT2D eigenvalue weighted by Gasteiger charge is 2.44. The quantitative estimate of drug-likeness (QED) is 0.821. The first kappa shape index (κ1) is 17.0. The first-order valence-electron chi connectivity index (χ1n) is 9.75. The maximum absolute atomic E-state index is 12.6. The van der Waals surface area contributed by atoms with Crippen LogP contribution >= 0.6 is 0 Å². The van der Waals surface area contributed by atoms with Crippen LogP contribution in [0.5, 0.6) is 0 Å². The SMILES string of the molecule is O=C(CCc1cccnc1)N1CCC2(CC1)COCCN2CC1CC1. The molecule has 25 heavy (non-hydrogen) atoms. The Labute approximate surface area is 150 Å². The standard InChI is InChI=1S/C20H29N3O2/c24-19(6-5-17-2-1-9-21-14-17)22-10-7-20(8-11-22)16-25-13-12-23(20)15-18-3-4-18/h1-2,9,14,18H,3-8,10-13,15-16H2. The van der Waals surface area contributed by atoms with E-state index in [1.807, 2.05) is 18.3 Å². The molecule has 1 aliphatic carbocycles. The zero-order valence-electron chi connectivity index (χ0n) is 15.0. The minimum absolute atomic E-state index is 0.182. The van der Waals surface area contributed by atoms with Crippen molar-refractivity contribution in [1.82, 2.24) is 14.8 Å². The van der Waals surface area contributed by atoms with Crippen LogP contribution in [0.15, 0.2) is 24.5 Å². The molecule has 1 amide bonds. The Balaban J connectivity index is 1.30. The molecule has 0 atom stereocenters. The highest BCUT2D eigenvalue weighted by Crippen LogP contribution is 2.37. The molecule has 3 heterocycles. The van der Waals surface area contributed by atoms with Gasteiger partial charge in [-0.25, -0.2) is 0 Å². The summed E-state index contributed by atoms with van der Waals surface area (Å²) in [6.07, 6.45) is 9.89. The maximum Gasteiger partial charge on any atom is 0.222 e. The maximum atomic E-state index is 12.6. The molecule has 5 nitrogen and oxygen atoms in total. The second-order valence-corrected chi connectivity index (χ2v) is 7.91. The lowest BCUT2D eigenvalue weighted by Crippen LogP contribution is -2.62. The lowest BCUT2D eigenvalue weighted by Gasteiger charge is -2.51. The Morgan fingerprint density at radius 2 is 2.12 bits per heavy atom. The van der Waals surface area contributed by atoms with Crippen molar-refractivity contribution in [3.8, 4) is 0 Å². The van der Waals surface area contributed by atoms with Crippen molar-refractivity contribution in [3.05, 3.63) is 30.1 Å². The highest BCUT2D eigenvalue weighted by atomic mass is 16.5. The van der Waals surface area contributed by atoms with Crippen LogP contribution in [0.25, 0.3) is 0 Å². The number of hydrogen-bond acceptors (Lipinski definition) is 4. The summed E-state index contributed by atoms with van der Waals surface area (Å²) in [6.45, 7) is 5.75. The number of ether oxygens (including phenoxy) is 1. The minimum Gasteiger partial charge on any atom is -0.378 e. The fourth-order valence-electron chi connectivity index (χ4n) is 4.25. The van der Waals surface area contributed by atoms with Gasteiger partial charge in [-0.15, -0.1) is 0 Å². The Bertz CT molecular complexity index is 580. The molecule has 2 saturated heterocycles. The van der Waals surface area contributed by atoms with Gasteiger partial charge >= 0.3 is 0 Å². The molecule has 1 aromatic heterocycles. The molecular weight excluding hydrogens is 314 g/mol. The van der Waals surface area contributed by atoms with Crippen LogP contribution in [0, 0.1) is 5.92 Å². The number of hydrogen-bond donors (Lipinski definition) is 0. The number of rotatable bonds is 5. The molecule has 1 saturated carbocycles. The zero-order valence-corrected chi connectivity index (χ0v) is 15.0. The molecule has 5 heteroatoms. The summed E-state index contributed by atoms with van der Waals surface area (Å²) in [6, 6.07) is 3.97. The van der Waals surface area contributed by atoms with E-state index >= 15 is 0 Å². The van der Waals surface area contributed by atoms with Gasteiger partial charge in [-0.05, 0) is 49.7 Å². The Morgan fingerprint density at radius 3 is 2.84 bits per heavy atom. The number of pyridine rings is 1. The Morgan fingerprint density at radius 1 is 1.28 bits per heavy atom. The van der Waals surface area contributed by atoms with Gasteiger partial charge in [0.2, 0.25) is 5.91 Å². The van der Waals surface area contributed by atoms with Gasteiger partial charge in [-0.3, -0.25) is 14.7 Å². The van der Waals surface area contributed by atoms with Gasteiger partial charge in [0.25, 0.3) is 0 Å². The summed E-state index contributed by atoms with van der Waals surface area (Å²) in [4.78, 5) is 21.4. The summed E-state index contributed by atoms with van der Waals surface area (Å²) in [5.74, 6) is 1.19. The zero-order chi connectivity index (χ0) is 17.1. The third-order valence-corrected chi connectivity index (χ3v) is 6.12. The highest BCUT2D eigenvalue weighted by molar-refractivity contribution is 5.76. The summed E-state index contributed by atoms with van der Waals surface area (Å²) in [5.41, 5.74) is 1.32. The van der Waals surface area contributed by atoms with E-state index in [2.05, 4.69) is 14.8 Å². The normalized spacial score (nSPS) is 23.8. The van der Waals surface area contributed by atoms with Crippen LogP contribution in [0.4, 0.5) is 0 Å². The van der Waals surface area contributed by atoms with E-state index in [0.29, 0.717) is 6.42 Å². The number of carbonyl (C=O) groups excluding carboxylic acids is 1. The van der Waals surface area contributed by atoms with Crippen LogP contribution < -0.4 is 0 Å². The second-order valence-electron chi connectivity index (χ2n) is 7.91. The molecule has 0 unspecified atom stereocenters. The van der Waals surface area contributed by atoms with Crippen molar-refractivity contribution < 1.29 is 9.53 Å². The van der Waals surface area contributed by atoms with Crippen LogP contribution in [0.3, 0.4) is 0 Å². The average molecular weight is 343 g/mol. The molecule has 3 fully saturated rings. The molecular formula is C20H29N3O2. The number of piperidine rings is 1. The van der Waals surface area contributed by atoms with Gasteiger partial charge in [0.1, 0.15) is 0 Å². The average Bonchev–Trinajstić information content (AvgIpc) is 3.47. The fraction of sp³-hybridized carbons (Fsp3) is 0.700. The molecule has 0 bridgehead atoms. The summed E-state index contributed by atoms with van der Waals surface area (Å²) < 4.78 is 5.84. The van der Waals surface area contributed by atoms with E-state index in [1.165, 1.54) is 19.4 Å². The first-order valence-corrected chi connectivity index (χ1v) is 9.75. The molecule has 1 aromatic rings. The van der Waals surface area contributed by atoms with Crippen molar-refractivity contribution in [3.63, 3.8) is 0 Å². The van der Waals surface area contributed by atoms with E-state index < -0.39 is 0 Å². The van der Waals surface area contributed by atoms with Gasteiger partial charge in [-0.2, -0.15) is 0 Å². The van der Waals surface area contributed by atoms with Gasteiger partial charge < -0.3 is 9.64 Å². The van der Waals surface area contributed by atoms with Crippen LogP contribution in [-0.2, 0) is 16.0 Å². The summed E-state index contributed by atoms with van der Waals surface area (Å²) in [7, 11) is 0. The van der Waals surface area contributed by atoms with E-state index in [-0.39, 0.29) is 11.4 Å². The third kappa shape index (κ3) is 4.04. The van der Waals surface area contributed by atoms with E-state index in [9.17, 15) is 4.79 Å². The van der Waals surface area contributed by atoms with E-state index in [1.54, 1.807) is 6.20 Å². The van der Waals surface area contributed by atoms with Gasteiger partial charge in [-0.1, -0.05) is 6.07 Å². The molecule has 1 spiro atoms. The number of nitrogens with zero attached hydrogens (tertiary/aromatic N) is 3. The number of carbonyl (C=O) groups is 1. The smallest absolute Gasteiger partial charge is 0.222 e. The lowest BCUT2D eigenvalue weighted by molar-refractivity contribution is -0.138. The summed E-state index contributed by atoms with van der Waals surface area (Å²) >= 11 is 0. The monoisotopic (exact) mass is 343 g/mol. The van der Waals surface area contributed by atoms with Crippen LogP contribution in [-0.4, -0.2) is 65.6 Å². The van der Waals surface area contributed by atoms with E-state index in [4.69, 9.17) is 4.74 Å². The molecule has 4 rings (SSSR count). The Kier molecular flexibility index (Phi) is 5.04. The predicted molar refractivity (Wildman–Crippen MR) is 96.2 cm³/mol. The van der Waals surface area contributed by atoms with Gasteiger partial charge in [0.15, 0.2) is 0 Å². The third-order valence-electron chi connectivity index (χ3n) is 6.12. The predicted octanol–water partition coefficient (Wildman–Crippen LogP) is 2.12. The largest absolute Gasteiger partial charge is 0.378 e. The second kappa shape index (κ2) is 7.42. The molecule has 0 N–H and O–H groups in total. The van der Waals surface area contributed by atoms with Gasteiger partial charge in [0.05, 0.1) is 13.2 Å².